The third-order valence-electron chi connectivity index (χ3n) is 4.65. The molecule has 156 valence electrons. The Bertz CT molecular complexity index is 707. The van der Waals surface area contributed by atoms with E-state index in [0.29, 0.717) is 18.7 Å². The molecule has 1 aliphatic heterocycles. The minimum absolute atomic E-state index is 0.0983. The minimum atomic E-state index is -4.44. The molecule has 0 saturated carbocycles. The molecule has 1 heterocycles. The van der Waals surface area contributed by atoms with Crippen LogP contribution >= 0.6 is 0 Å². The van der Waals surface area contributed by atoms with Gasteiger partial charge in [0.05, 0.1) is 18.0 Å². The molecule has 2 rings (SSSR count). The Morgan fingerprint density at radius 3 is 2.71 bits per heavy atom. The molecule has 0 radical (unpaired) electrons. The molecule has 1 saturated heterocycles. The normalized spacial score (nSPS) is 18.6. The molecular weight excluding hydrogens is 375 g/mol. The van der Waals surface area contributed by atoms with E-state index in [-0.39, 0.29) is 37.9 Å². The molecule has 0 aromatic heterocycles. The van der Waals surface area contributed by atoms with Gasteiger partial charge in [-0.15, -0.1) is 0 Å². The highest BCUT2D eigenvalue weighted by atomic mass is 19.4. The number of amides is 2. The first kappa shape index (κ1) is 22.2. The summed E-state index contributed by atoms with van der Waals surface area (Å²) < 4.78 is 38.8. The van der Waals surface area contributed by atoms with Gasteiger partial charge in [-0.05, 0) is 11.6 Å². The molecule has 3 N–H and O–H groups in total. The van der Waals surface area contributed by atoms with Crippen LogP contribution in [0.15, 0.2) is 24.3 Å². The molecule has 2 amide bonds. The molecule has 1 atom stereocenters. The van der Waals surface area contributed by atoms with Gasteiger partial charge >= 0.3 is 6.18 Å². The van der Waals surface area contributed by atoms with E-state index in [1.54, 1.807) is 24.8 Å². The van der Waals surface area contributed by atoms with Crippen LogP contribution in [0.4, 0.5) is 13.2 Å². The fourth-order valence-electron chi connectivity index (χ4n) is 2.90. The van der Waals surface area contributed by atoms with Crippen LogP contribution in [0.2, 0.25) is 0 Å². The summed E-state index contributed by atoms with van der Waals surface area (Å²) in [6, 6.07) is 4.21. The number of rotatable bonds is 7. The fourth-order valence-corrected chi connectivity index (χ4v) is 2.90. The number of carbonyl (C=O) groups is 2. The van der Waals surface area contributed by atoms with Crippen molar-refractivity contribution in [3.8, 4) is 0 Å². The van der Waals surface area contributed by atoms with Gasteiger partial charge in [0.2, 0.25) is 11.8 Å². The van der Waals surface area contributed by atoms with E-state index in [9.17, 15) is 27.9 Å². The van der Waals surface area contributed by atoms with Gasteiger partial charge in [0, 0.05) is 38.2 Å². The van der Waals surface area contributed by atoms with Crippen LogP contribution in [0.1, 0.15) is 31.4 Å². The smallest absolute Gasteiger partial charge is 0.396 e. The number of piperazine rings is 1. The zero-order valence-electron chi connectivity index (χ0n) is 16.0. The molecule has 9 heteroatoms. The summed E-state index contributed by atoms with van der Waals surface area (Å²) in [5, 5.41) is 14.6. The van der Waals surface area contributed by atoms with Crippen molar-refractivity contribution < 1.29 is 27.9 Å². The van der Waals surface area contributed by atoms with Crippen molar-refractivity contribution in [3.05, 3.63) is 35.4 Å². The number of aliphatic hydroxyl groups excluding tert-OH is 1. The summed E-state index contributed by atoms with van der Waals surface area (Å²) in [6.45, 7) is 4.68. The molecule has 0 aliphatic carbocycles. The Morgan fingerprint density at radius 2 is 2.07 bits per heavy atom. The van der Waals surface area contributed by atoms with Gasteiger partial charge in [-0.2, -0.15) is 13.2 Å². The van der Waals surface area contributed by atoms with Crippen molar-refractivity contribution in [2.75, 3.05) is 26.2 Å². The van der Waals surface area contributed by atoms with Crippen molar-refractivity contribution in [1.29, 1.82) is 0 Å². The first-order valence-electron chi connectivity index (χ1n) is 9.07. The zero-order valence-corrected chi connectivity index (χ0v) is 16.0. The highest BCUT2D eigenvalue weighted by Gasteiger charge is 2.33. The Hall–Kier alpha value is -2.13. The van der Waals surface area contributed by atoms with Crippen LogP contribution in [-0.2, 0) is 22.3 Å². The standard InChI is InChI=1S/C19H26F3N3O3/c1-18(2,12-26)11-24-16(27)9-15-17(28)23-6-7-25(15)10-13-4-3-5-14(8-13)19(20,21)22/h3-5,8,15,26H,6-7,9-12H2,1-2H3,(H,23,28)(H,24,27). The zero-order chi connectivity index (χ0) is 20.9. The number of aliphatic hydroxyl groups is 1. The Kier molecular flexibility index (Phi) is 7.06. The predicted molar refractivity (Wildman–Crippen MR) is 97.1 cm³/mol. The van der Waals surface area contributed by atoms with Crippen LogP contribution < -0.4 is 10.6 Å². The lowest BCUT2D eigenvalue weighted by molar-refractivity contribution is -0.137. The largest absolute Gasteiger partial charge is 0.416 e. The van der Waals surface area contributed by atoms with E-state index in [1.807, 2.05) is 0 Å². The lowest BCUT2D eigenvalue weighted by Crippen LogP contribution is -2.56. The second kappa shape index (κ2) is 8.91. The first-order chi connectivity index (χ1) is 13.0. The van der Waals surface area contributed by atoms with Crippen molar-refractivity contribution in [2.24, 2.45) is 5.41 Å². The van der Waals surface area contributed by atoms with Gasteiger partial charge in [0.15, 0.2) is 0 Å². The number of nitrogens with zero attached hydrogens (tertiary/aromatic N) is 1. The van der Waals surface area contributed by atoms with E-state index in [0.717, 1.165) is 12.1 Å². The molecule has 1 aromatic carbocycles. The van der Waals surface area contributed by atoms with Crippen molar-refractivity contribution >= 4 is 11.8 Å². The number of hydrogen-bond donors (Lipinski definition) is 3. The summed E-state index contributed by atoms with van der Waals surface area (Å²) in [6.07, 6.45) is -4.54. The lowest BCUT2D eigenvalue weighted by Gasteiger charge is -2.35. The van der Waals surface area contributed by atoms with Crippen LogP contribution in [-0.4, -0.2) is 54.1 Å². The second-order valence-electron chi connectivity index (χ2n) is 7.78. The quantitative estimate of drug-likeness (QED) is 0.647. The van der Waals surface area contributed by atoms with Gasteiger partial charge in [0.25, 0.3) is 0 Å². The number of halogens is 3. The third kappa shape index (κ3) is 6.20. The van der Waals surface area contributed by atoms with E-state index in [4.69, 9.17) is 0 Å². The number of benzene rings is 1. The maximum Gasteiger partial charge on any atom is 0.416 e. The molecule has 1 aromatic rings. The maximum absolute atomic E-state index is 12.9. The lowest BCUT2D eigenvalue weighted by atomic mass is 9.95. The van der Waals surface area contributed by atoms with Crippen LogP contribution in [0.3, 0.4) is 0 Å². The van der Waals surface area contributed by atoms with E-state index in [2.05, 4.69) is 10.6 Å². The van der Waals surface area contributed by atoms with Gasteiger partial charge in [-0.3, -0.25) is 14.5 Å². The van der Waals surface area contributed by atoms with Gasteiger partial charge in [-0.1, -0.05) is 32.0 Å². The third-order valence-corrected chi connectivity index (χ3v) is 4.65. The number of alkyl halides is 3. The number of hydrogen-bond acceptors (Lipinski definition) is 4. The monoisotopic (exact) mass is 401 g/mol. The van der Waals surface area contributed by atoms with E-state index >= 15 is 0 Å². The number of nitrogens with one attached hydrogen (secondary N) is 2. The van der Waals surface area contributed by atoms with Crippen molar-refractivity contribution in [3.63, 3.8) is 0 Å². The average molecular weight is 401 g/mol. The highest BCUT2D eigenvalue weighted by molar-refractivity contribution is 5.88. The predicted octanol–water partition coefficient (Wildman–Crippen LogP) is 1.53. The summed E-state index contributed by atoms with van der Waals surface area (Å²) in [4.78, 5) is 26.2. The first-order valence-corrected chi connectivity index (χ1v) is 9.07. The molecule has 0 spiro atoms. The van der Waals surface area contributed by atoms with E-state index < -0.39 is 23.2 Å². The van der Waals surface area contributed by atoms with Gasteiger partial charge in [-0.25, -0.2) is 0 Å². The molecule has 1 fully saturated rings. The summed E-state index contributed by atoms with van der Waals surface area (Å²) in [7, 11) is 0. The SMILES string of the molecule is CC(C)(CO)CNC(=O)CC1C(=O)NCCN1Cc1cccc(C(F)(F)F)c1. The van der Waals surface area contributed by atoms with Crippen molar-refractivity contribution in [2.45, 2.75) is 39.0 Å². The van der Waals surface area contributed by atoms with Crippen LogP contribution in [0, 0.1) is 5.41 Å². The van der Waals surface area contributed by atoms with E-state index in [1.165, 1.54) is 6.07 Å². The Balaban J connectivity index is 2.06. The molecular formula is C19H26F3N3O3. The summed E-state index contributed by atoms with van der Waals surface area (Å²) in [5.41, 5.74) is -0.800. The van der Waals surface area contributed by atoms with Gasteiger partial charge < -0.3 is 15.7 Å². The highest BCUT2D eigenvalue weighted by Crippen LogP contribution is 2.30. The Labute approximate surface area is 162 Å². The summed E-state index contributed by atoms with van der Waals surface area (Å²) in [5.74, 6) is -0.674. The van der Waals surface area contributed by atoms with Crippen LogP contribution in [0.25, 0.3) is 0 Å². The summed E-state index contributed by atoms with van der Waals surface area (Å²) >= 11 is 0. The molecule has 0 bridgehead atoms. The maximum atomic E-state index is 12.9. The van der Waals surface area contributed by atoms with Crippen LogP contribution in [0.5, 0.6) is 0 Å². The molecule has 1 aliphatic rings. The average Bonchev–Trinajstić information content (AvgIpc) is 2.62. The molecule has 28 heavy (non-hydrogen) atoms. The van der Waals surface area contributed by atoms with Gasteiger partial charge in [0.1, 0.15) is 0 Å². The topological polar surface area (TPSA) is 81.7 Å². The van der Waals surface area contributed by atoms with Crippen molar-refractivity contribution in [1.82, 2.24) is 15.5 Å². The minimum Gasteiger partial charge on any atom is -0.396 e. The fraction of sp³-hybridized carbons (Fsp3) is 0.579. The molecule has 6 nitrogen and oxygen atoms in total. The Morgan fingerprint density at radius 1 is 1.36 bits per heavy atom. The molecule has 1 unspecified atom stereocenters. The number of carbonyl (C=O) groups excluding carboxylic acids is 2. The second-order valence-corrected chi connectivity index (χ2v) is 7.78.